The quantitative estimate of drug-likeness (QED) is 0.877. The van der Waals surface area contributed by atoms with Gasteiger partial charge in [-0.3, -0.25) is 9.59 Å². The molecule has 0 radical (unpaired) electrons. The Kier molecular flexibility index (Phi) is 3.63. The van der Waals surface area contributed by atoms with E-state index in [4.69, 9.17) is 4.74 Å². The van der Waals surface area contributed by atoms with Gasteiger partial charge in [-0.1, -0.05) is 12.1 Å². The number of likely N-dealkylation sites (tertiary alicyclic amines) is 1. The molecule has 5 nitrogen and oxygen atoms in total. The zero-order chi connectivity index (χ0) is 16.6. The van der Waals surface area contributed by atoms with Crippen LogP contribution >= 0.6 is 0 Å². The summed E-state index contributed by atoms with van der Waals surface area (Å²) in [5, 5.41) is 0. The van der Waals surface area contributed by atoms with Gasteiger partial charge in [0.15, 0.2) is 5.78 Å². The first kappa shape index (κ1) is 15.0. The van der Waals surface area contributed by atoms with Gasteiger partial charge in [-0.25, -0.2) is 0 Å². The molecule has 3 heterocycles. The predicted molar refractivity (Wildman–Crippen MR) is 89.3 cm³/mol. The molecule has 2 aliphatic rings. The van der Waals surface area contributed by atoms with E-state index >= 15 is 0 Å². The SMILES string of the molecule is O=C1CC2(CCCN(C(=O)c3cc[nH]c3)CC2)Oc2ccccc21. The third-order valence-corrected chi connectivity index (χ3v) is 5.03. The fourth-order valence-electron chi connectivity index (χ4n) is 3.73. The molecule has 0 aliphatic carbocycles. The molecule has 1 N–H and O–H groups in total. The number of benzene rings is 1. The number of amides is 1. The third-order valence-electron chi connectivity index (χ3n) is 5.03. The van der Waals surface area contributed by atoms with Crippen LogP contribution in [0.3, 0.4) is 0 Å². The van der Waals surface area contributed by atoms with Gasteiger partial charge < -0.3 is 14.6 Å². The first-order valence-corrected chi connectivity index (χ1v) is 8.40. The van der Waals surface area contributed by atoms with Crippen molar-refractivity contribution in [1.82, 2.24) is 9.88 Å². The van der Waals surface area contributed by atoms with Gasteiger partial charge in [-0.05, 0) is 31.0 Å². The second kappa shape index (κ2) is 5.82. The van der Waals surface area contributed by atoms with E-state index in [-0.39, 0.29) is 11.7 Å². The Balaban J connectivity index is 1.53. The molecule has 2 aliphatic heterocycles. The number of carbonyl (C=O) groups excluding carboxylic acids is 2. The molecule has 1 aromatic heterocycles. The van der Waals surface area contributed by atoms with Crippen molar-refractivity contribution in [3.05, 3.63) is 53.9 Å². The second-order valence-corrected chi connectivity index (χ2v) is 6.63. The second-order valence-electron chi connectivity index (χ2n) is 6.63. The molecule has 2 aromatic rings. The lowest BCUT2D eigenvalue weighted by molar-refractivity contribution is 0.0300. The molecule has 5 heteroatoms. The van der Waals surface area contributed by atoms with E-state index in [0.29, 0.717) is 42.8 Å². The van der Waals surface area contributed by atoms with Gasteiger partial charge in [0.05, 0.1) is 17.5 Å². The molecule has 1 amide bonds. The number of ketones is 1. The first-order chi connectivity index (χ1) is 11.7. The largest absolute Gasteiger partial charge is 0.486 e. The number of hydrogen-bond acceptors (Lipinski definition) is 3. The molecule has 124 valence electrons. The van der Waals surface area contributed by atoms with Gasteiger partial charge in [0, 0.05) is 31.9 Å². The Morgan fingerprint density at radius 2 is 2.04 bits per heavy atom. The van der Waals surface area contributed by atoms with E-state index in [1.54, 1.807) is 18.5 Å². The summed E-state index contributed by atoms with van der Waals surface area (Å²) in [6.07, 6.45) is 6.20. The van der Waals surface area contributed by atoms with Gasteiger partial charge in [0.1, 0.15) is 11.4 Å². The maximum Gasteiger partial charge on any atom is 0.255 e. The van der Waals surface area contributed by atoms with Crippen molar-refractivity contribution in [3.8, 4) is 5.75 Å². The van der Waals surface area contributed by atoms with Crippen LogP contribution in [0.5, 0.6) is 5.75 Å². The van der Waals surface area contributed by atoms with E-state index in [2.05, 4.69) is 4.98 Å². The van der Waals surface area contributed by atoms with Crippen LogP contribution in [0.1, 0.15) is 46.4 Å². The number of aromatic nitrogens is 1. The summed E-state index contributed by atoms with van der Waals surface area (Å²) in [4.78, 5) is 29.8. The molecule has 1 atom stereocenters. The van der Waals surface area contributed by atoms with Crippen LogP contribution in [0.25, 0.3) is 0 Å². The zero-order valence-corrected chi connectivity index (χ0v) is 13.5. The Morgan fingerprint density at radius 3 is 2.88 bits per heavy atom. The van der Waals surface area contributed by atoms with Crippen molar-refractivity contribution in [2.45, 2.75) is 31.3 Å². The monoisotopic (exact) mass is 324 g/mol. The molecule has 1 unspecified atom stereocenters. The summed E-state index contributed by atoms with van der Waals surface area (Å²) in [6, 6.07) is 9.23. The average Bonchev–Trinajstić information content (AvgIpc) is 3.05. The fraction of sp³-hybridized carbons (Fsp3) is 0.368. The van der Waals surface area contributed by atoms with Crippen LogP contribution in [0.4, 0.5) is 0 Å². The predicted octanol–water partition coefficient (Wildman–Crippen LogP) is 3.05. The van der Waals surface area contributed by atoms with Gasteiger partial charge in [-0.15, -0.1) is 0 Å². The summed E-state index contributed by atoms with van der Waals surface area (Å²) >= 11 is 0. The highest BCUT2D eigenvalue weighted by Gasteiger charge is 2.42. The number of Topliss-reactive ketones (excluding diaryl/α,β-unsaturated/α-hetero) is 1. The topological polar surface area (TPSA) is 62.4 Å². The number of para-hydroxylation sites is 1. The number of fused-ring (bicyclic) bond motifs is 1. The molecule has 1 fully saturated rings. The fourth-order valence-corrected chi connectivity index (χ4v) is 3.73. The Labute approximate surface area is 140 Å². The number of rotatable bonds is 1. The summed E-state index contributed by atoms with van der Waals surface area (Å²) in [6.45, 7) is 1.31. The molecule has 1 saturated heterocycles. The minimum Gasteiger partial charge on any atom is -0.486 e. The molecule has 0 bridgehead atoms. The number of carbonyl (C=O) groups is 2. The van der Waals surface area contributed by atoms with Crippen LogP contribution in [0, 0.1) is 0 Å². The number of aromatic amines is 1. The summed E-state index contributed by atoms with van der Waals surface area (Å²) in [5.41, 5.74) is 0.878. The molecule has 0 saturated carbocycles. The summed E-state index contributed by atoms with van der Waals surface area (Å²) in [5.74, 6) is 0.859. The normalized spacial score (nSPS) is 23.5. The number of H-pyrrole nitrogens is 1. The van der Waals surface area contributed by atoms with E-state index in [1.807, 2.05) is 29.2 Å². The Bertz CT molecular complexity index is 769. The number of ether oxygens (including phenoxy) is 1. The van der Waals surface area contributed by atoms with E-state index in [0.717, 1.165) is 12.8 Å². The van der Waals surface area contributed by atoms with E-state index < -0.39 is 5.60 Å². The van der Waals surface area contributed by atoms with Crippen LogP contribution in [0.2, 0.25) is 0 Å². The number of nitrogens with one attached hydrogen (secondary N) is 1. The summed E-state index contributed by atoms with van der Waals surface area (Å²) < 4.78 is 6.26. The van der Waals surface area contributed by atoms with Crippen LogP contribution in [-0.2, 0) is 0 Å². The van der Waals surface area contributed by atoms with Crippen LogP contribution < -0.4 is 4.74 Å². The molecular weight excluding hydrogens is 304 g/mol. The summed E-state index contributed by atoms with van der Waals surface area (Å²) in [7, 11) is 0. The third kappa shape index (κ3) is 2.60. The van der Waals surface area contributed by atoms with Gasteiger partial charge in [-0.2, -0.15) is 0 Å². The molecular formula is C19H20N2O3. The van der Waals surface area contributed by atoms with Crippen LogP contribution in [-0.4, -0.2) is 40.3 Å². The lowest BCUT2D eigenvalue weighted by Crippen LogP contribution is -2.43. The van der Waals surface area contributed by atoms with Crippen molar-refractivity contribution in [2.75, 3.05) is 13.1 Å². The van der Waals surface area contributed by atoms with Gasteiger partial charge in [0.2, 0.25) is 0 Å². The highest BCUT2D eigenvalue weighted by Crippen LogP contribution is 2.39. The van der Waals surface area contributed by atoms with Gasteiger partial charge in [0.25, 0.3) is 5.91 Å². The van der Waals surface area contributed by atoms with Crippen LogP contribution in [0.15, 0.2) is 42.7 Å². The minimum absolute atomic E-state index is 0.0378. The minimum atomic E-state index is -0.474. The Morgan fingerprint density at radius 1 is 1.17 bits per heavy atom. The molecule has 1 spiro atoms. The zero-order valence-electron chi connectivity index (χ0n) is 13.5. The molecule has 1 aromatic carbocycles. The molecule has 24 heavy (non-hydrogen) atoms. The smallest absolute Gasteiger partial charge is 0.255 e. The number of nitrogens with zero attached hydrogens (tertiary/aromatic N) is 1. The van der Waals surface area contributed by atoms with Crippen molar-refractivity contribution >= 4 is 11.7 Å². The lowest BCUT2D eigenvalue weighted by atomic mass is 9.84. The first-order valence-electron chi connectivity index (χ1n) is 8.40. The van der Waals surface area contributed by atoms with E-state index in [9.17, 15) is 9.59 Å². The maximum atomic E-state index is 12.5. The number of hydrogen-bond donors (Lipinski definition) is 1. The highest BCUT2D eigenvalue weighted by atomic mass is 16.5. The molecule has 4 rings (SSSR count). The lowest BCUT2D eigenvalue weighted by Gasteiger charge is -2.37. The standard InChI is InChI=1S/C19H20N2O3/c22-16-12-19(24-17-5-2-1-4-15(16)17)7-3-10-21(11-8-19)18(23)14-6-9-20-13-14/h1-2,4-6,9,13,20H,3,7-8,10-12H2. The van der Waals surface area contributed by atoms with Crippen molar-refractivity contribution < 1.29 is 14.3 Å². The highest BCUT2D eigenvalue weighted by molar-refractivity contribution is 6.00. The maximum absolute atomic E-state index is 12.5. The van der Waals surface area contributed by atoms with Crippen molar-refractivity contribution in [3.63, 3.8) is 0 Å². The van der Waals surface area contributed by atoms with Crippen molar-refractivity contribution in [1.29, 1.82) is 0 Å². The van der Waals surface area contributed by atoms with Crippen molar-refractivity contribution in [2.24, 2.45) is 0 Å². The Hall–Kier alpha value is -2.56. The van der Waals surface area contributed by atoms with Gasteiger partial charge >= 0.3 is 0 Å². The van der Waals surface area contributed by atoms with E-state index in [1.165, 1.54) is 0 Å². The average molecular weight is 324 g/mol.